The van der Waals surface area contributed by atoms with Crippen molar-refractivity contribution in [3.05, 3.63) is 58.1 Å². The van der Waals surface area contributed by atoms with E-state index in [2.05, 4.69) is 21.2 Å². The number of halogens is 1. The molecule has 0 aliphatic heterocycles. The van der Waals surface area contributed by atoms with Crippen molar-refractivity contribution in [1.29, 1.82) is 0 Å². The molecule has 0 aromatic heterocycles. The van der Waals surface area contributed by atoms with Gasteiger partial charge in [-0.3, -0.25) is 10.1 Å². The van der Waals surface area contributed by atoms with E-state index in [0.717, 1.165) is 15.6 Å². The molecule has 2 rings (SSSR count). The lowest BCUT2D eigenvalue weighted by Gasteiger charge is -2.17. The zero-order valence-corrected chi connectivity index (χ0v) is 15.2. The molecule has 24 heavy (non-hydrogen) atoms. The molecule has 5 nitrogen and oxygen atoms in total. The Labute approximate surface area is 149 Å². The molecule has 2 aromatic carbocycles. The van der Waals surface area contributed by atoms with Gasteiger partial charge in [-0.25, -0.2) is 0 Å². The van der Waals surface area contributed by atoms with E-state index in [1.54, 1.807) is 14.2 Å². The lowest BCUT2D eigenvalue weighted by molar-refractivity contribution is -0.139. The Balaban J connectivity index is 2.10. The first-order valence-electron chi connectivity index (χ1n) is 7.45. The Morgan fingerprint density at radius 3 is 2.38 bits per heavy atom. The van der Waals surface area contributed by atoms with Crippen molar-refractivity contribution >= 4 is 21.9 Å². The highest BCUT2D eigenvalue weighted by molar-refractivity contribution is 9.10. The van der Waals surface area contributed by atoms with E-state index in [1.807, 2.05) is 42.5 Å². The quantitative estimate of drug-likeness (QED) is 0.720. The minimum atomic E-state index is -0.879. The summed E-state index contributed by atoms with van der Waals surface area (Å²) in [6, 6.07) is 12.5. The van der Waals surface area contributed by atoms with Crippen LogP contribution in [0.4, 0.5) is 0 Å². The average Bonchev–Trinajstić information content (AvgIpc) is 2.59. The number of nitrogens with one attached hydrogen (secondary N) is 1. The van der Waals surface area contributed by atoms with Crippen LogP contribution in [0.25, 0.3) is 0 Å². The third-order valence-electron chi connectivity index (χ3n) is 3.67. The number of benzene rings is 2. The topological polar surface area (TPSA) is 67.8 Å². The van der Waals surface area contributed by atoms with Crippen molar-refractivity contribution < 1.29 is 19.4 Å². The van der Waals surface area contributed by atoms with Gasteiger partial charge in [-0.15, -0.1) is 0 Å². The molecule has 6 heteroatoms. The van der Waals surface area contributed by atoms with Crippen LogP contribution >= 0.6 is 15.9 Å². The minimum Gasteiger partial charge on any atom is -0.493 e. The number of methoxy groups -OCH3 is 2. The van der Waals surface area contributed by atoms with E-state index >= 15 is 0 Å². The van der Waals surface area contributed by atoms with Crippen molar-refractivity contribution in [2.75, 3.05) is 14.2 Å². The van der Waals surface area contributed by atoms with Gasteiger partial charge < -0.3 is 14.6 Å². The molecule has 0 fully saturated rings. The number of hydrogen-bond acceptors (Lipinski definition) is 4. The van der Waals surface area contributed by atoms with Crippen LogP contribution in [0.1, 0.15) is 11.1 Å². The number of carboxylic acids is 1. The van der Waals surface area contributed by atoms with Crippen LogP contribution in [0, 0.1) is 0 Å². The van der Waals surface area contributed by atoms with Gasteiger partial charge in [0.1, 0.15) is 6.04 Å². The number of carboxylic acid groups (broad SMARTS) is 1. The smallest absolute Gasteiger partial charge is 0.321 e. The Morgan fingerprint density at radius 1 is 1.17 bits per heavy atom. The summed E-state index contributed by atoms with van der Waals surface area (Å²) in [6.07, 6.45) is 0.418. The van der Waals surface area contributed by atoms with Crippen LogP contribution in [0.2, 0.25) is 0 Å². The second-order valence-electron chi connectivity index (χ2n) is 5.26. The Morgan fingerprint density at radius 2 is 1.79 bits per heavy atom. The Hall–Kier alpha value is -2.05. The van der Waals surface area contributed by atoms with Gasteiger partial charge in [-0.2, -0.15) is 0 Å². The van der Waals surface area contributed by atoms with Gasteiger partial charge >= 0.3 is 5.97 Å². The predicted molar refractivity (Wildman–Crippen MR) is 95.7 cm³/mol. The number of rotatable bonds is 8. The molecule has 2 N–H and O–H groups in total. The van der Waals surface area contributed by atoms with Crippen LogP contribution in [0.5, 0.6) is 11.5 Å². The average molecular weight is 394 g/mol. The van der Waals surface area contributed by atoms with Crippen LogP contribution in [0.15, 0.2) is 46.9 Å². The molecule has 0 saturated heterocycles. The van der Waals surface area contributed by atoms with Gasteiger partial charge in [0.05, 0.1) is 14.2 Å². The molecule has 0 unspecified atom stereocenters. The summed E-state index contributed by atoms with van der Waals surface area (Å²) in [5, 5.41) is 12.5. The van der Waals surface area contributed by atoms with E-state index < -0.39 is 12.0 Å². The lowest BCUT2D eigenvalue weighted by Crippen LogP contribution is -2.38. The molecule has 0 aliphatic carbocycles. The third kappa shape index (κ3) is 4.72. The maximum absolute atomic E-state index is 11.5. The Kier molecular flexibility index (Phi) is 6.63. The third-order valence-corrected chi connectivity index (χ3v) is 4.41. The maximum atomic E-state index is 11.5. The zero-order valence-electron chi connectivity index (χ0n) is 13.6. The molecular weight excluding hydrogens is 374 g/mol. The van der Waals surface area contributed by atoms with E-state index in [0.29, 0.717) is 24.5 Å². The van der Waals surface area contributed by atoms with Gasteiger partial charge in [0, 0.05) is 11.0 Å². The highest BCUT2D eigenvalue weighted by atomic mass is 79.9. The fourth-order valence-electron chi connectivity index (χ4n) is 2.36. The Bertz CT molecular complexity index is 691. The first-order chi connectivity index (χ1) is 11.5. The highest BCUT2D eigenvalue weighted by Gasteiger charge is 2.18. The monoisotopic (exact) mass is 393 g/mol. The van der Waals surface area contributed by atoms with Crippen molar-refractivity contribution in [1.82, 2.24) is 5.32 Å². The van der Waals surface area contributed by atoms with Gasteiger partial charge in [0.2, 0.25) is 0 Å². The second-order valence-corrected chi connectivity index (χ2v) is 6.11. The minimum absolute atomic E-state index is 0.394. The van der Waals surface area contributed by atoms with E-state index in [9.17, 15) is 9.90 Å². The van der Waals surface area contributed by atoms with Crippen molar-refractivity contribution in [2.24, 2.45) is 0 Å². The maximum Gasteiger partial charge on any atom is 0.321 e. The van der Waals surface area contributed by atoms with Crippen LogP contribution in [-0.2, 0) is 17.8 Å². The zero-order chi connectivity index (χ0) is 17.5. The van der Waals surface area contributed by atoms with E-state index in [4.69, 9.17) is 9.47 Å². The first-order valence-corrected chi connectivity index (χ1v) is 8.25. The molecule has 0 bridgehead atoms. The van der Waals surface area contributed by atoms with Crippen LogP contribution in [-0.4, -0.2) is 31.3 Å². The fraction of sp³-hybridized carbons (Fsp3) is 0.278. The van der Waals surface area contributed by atoms with Gasteiger partial charge in [0.15, 0.2) is 11.5 Å². The van der Waals surface area contributed by atoms with Crippen molar-refractivity contribution in [2.45, 2.75) is 19.0 Å². The molecule has 1 atom stereocenters. The molecular formula is C18H20BrNO4. The summed E-state index contributed by atoms with van der Waals surface area (Å²) >= 11 is 3.48. The highest BCUT2D eigenvalue weighted by Crippen LogP contribution is 2.33. The number of hydrogen-bond donors (Lipinski definition) is 2. The SMILES string of the molecule is COc1cc(Br)c(CN[C@@H](Cc2ccccc2)C(=O)O)cc1OC. The van der Waals surface area contributed by atoms with Gasteiger partial charge in [-0.05, 0) is 29.7 Å². The van der Waals surface area contributed by atoms with Crippen LogP contribution in [0.3, 0.4) is 0 Å². The lowest BCUT2D eigenvalue weighted by atomic mass is 10.1. The summed E-state index contributed by atoms with van der Waals surface area (Å²) in [5.74, 6) is 0.343. The molecule has 0 heterocycles. The van der Waals surface area contributed by atoms with E-state index in [-0.39, 0.29) is 0 Å². The largest absolute Gasteiger partial charge is 0.493 e. The van der Waals surface area contributed by atoms with Gasteiger partial charge in [0.25, 0.3) is 0 Å². The first kappa shape index (κ1) is 18.3. The molecule has 2 aromatic rings. The second kappa shape index (κ2) is 8.70. The summed E-state index contributed by atoms with van der Waals surface area (Å²) < 4.78 is 11.4. The number of aliphatic carboxylic acids is 1. The molecule has 0 amide bonds. The molecule has 128 valence electrons. The summed E-state index contributed by atoms with van der Waals surface area (Å²) in [4.78, 5) is 11.5. The molecule has 0 saturated carbocycles. The standard InChI is InChI=1S/C18H20BrNO4/c1-23-16-9-13(14(19)10-17(16)24-2)11-20-15(18(21)22)8-12-6-4-3-5-7-12/h3-7,9-10,15,20H,8,11H2,1-2H3,(H,21,22)/t15-/m0/s1. The molecule has 0 aliphatic rings. The number of carbonyl (C=O) groups is 1. The van der Waals surface area contributed by atoms with Crippen molar-refractivity contribution in [3.8, 4) is 11.5 Å². The molecule has 0 radical (unpaired) electrons. The summed E-state index contributed by atoms with van der Waals surface area (Å²) in [5.41, 5.74) is 1.87. The fourth-order valence-corrected chi connectivity index (χ4v) is 2.82. The van der Waals surface area contributed by atoms with Crippen LogP contribution < -0.4 is 14.8 Å². The summed E-state index contributed by atoms with van der Waals surface area (Å²) in [7, 11) is 3.14. The van der Waals surface area contributed by atoms with Gasteiger partial charge in [-0.1, -0.05) is 46.3 Å². The van der Waals surface area contributed by atoms with Crippen molar-refractivity contribution in [3.63, 3.8) is 0 Å². The normalized spacial score (nSPS) is 11.8. The van der Waals surface area contributed by atoms with E-state index in [1.165, 1.54) is 0 Å². The number of ether oxygens (including phenoxy) is 2. The predicted octanol–water partition coefficient (Wildman–Crippen LogP) is 3.25. The molecule has 0 spiro atoms. The summed E-state index contributed by atoms with van der Waals surface area (Å²) in [6.45, 7) is 0.394.